The van der Waals surface area contributed by atoms with Gasteiger partial charge >= 0.3 is 0 Å². The number of carbonyl (C=O) groups is 2. The highest BCUT2D eigenvalue weighted by Gasteiger charge is 2.21. The van der Waals surface area contributed by atoms with Crippen molar-refractivity contribution >= 4 is 34.8 Å². The van der Waals surface area contributed by atoms with Gasteiger partial charge in [-0.3, -0.25) is 9.59 Å². The van der Waals surface area contributed by atoms with Crippen molar-refractivity contribution in [2.24, 2.45) is 11.7 Å². The lowest BCUT2D eigenvalue weighted by molar-refractivity contribution is -0.120. The van der Waals surface area contributed by atoms with Gasteiger partial charge in [0.25, 0.3) is 0 Å². The summed E-state index contributed by atoms with van der Waals surface area (Å²) in [5.41, 5.74) is 6.56. The molecule has 0 aliphatic heterocycles. The molecule has 0 unspecified atom stereocenters. The quantitative estimate of drug-likeness (QED) is 0.742. The Labute approximate surface area is 142 Å². The summed E-state index contributed by atoms with van der Waals surface area (Å²) in [4.78, 5) is 24.1. The second-order valence-corrected chi connectivity index (χ2v) is 6.37. The zero-order valence-corrected chi connectivity index (χ0v) is 14.0. The average Bonchev–Trinajstić information content (AvgIpc) is 2.56. The van der Waals surface area contributed by atoms with Crippen molar-refractivity contribution in [3.8, 4) is 0 Å². The number of benzene rings is 1. The van der Waals surface area contributed by atoms with E-state index in [0.29, 0.717) is 35.8 Å². The minimum absolute atomic E-state index is 0.0485. The fourth-order valence-corrected chi connectivity index (χ4v) is 2.95. The number of rotatable bonds is 6. The molecule has 1 fully saturated rings. The fourth-order valence-electron chi connectivity index (χ4n) is 2.78. The molecule has 0 atom stereocenters. The number of hydrogen-bond donors (Lipinski definition) is 3. The third kappa shape index (κ3) is 5.52. The van der Waals surface area contributed by atoms with Crippen molar-refractivity contribution in [3.05, 3.63) is 23.2 Å². The molecule has 1 aliphatic carbocycles. The lowest BCUT2D eigenvalue weighted by Gasteiger charge is -2.21. The molecule has 5 nitrogen and oxygen atoms in total. The zero-order chi connectivity index (χ0) is 16.7. The molecular formula is C17H24ClN3O2. The maximum Gasteiger partial charge on any atom is 0.227 e. The van der Waals surface area contributed by atoms with Gasteiger partial charge in [-0.15, -0.1) is 0 Å². The lowest BCUT2D eigenvalue weighted by Crippen LogP contribution is -2.24. The average molecular weight is 338 g/mol. The molecule has 126 valence electrons. The standard InChI is InChI=1S/C17H24ClN3O2/c18-14-9-8-13(11-15(14)21-16(22)7-4-10-19)20-17(23)12-5-2-1-3-6-12/h8-9,11-12H,1-7,10,19H2,(H,20,23)(H,21,22). The van der Waals surface area contributed by atoms with Gasteiger partial charge in [-0.2, -0.15) is 0 Å². The van der Waals surface area contributed by atoms with E-state index < -0.39 is 0 Å². The van der Waals surface area contributed by atoms with Gasteiger partial charge in [-0.1, -0.05) is 30.9 Å². The predicted octanol–water partition coefficient (Wildman–Crippen LogP) is 3.54. The Morgan fingerprint density at radius 3 is 2.61 bits per heavy atom. The molecule has 0 spiro atoms. The van der Waals surface area contributed by atoms with Crippen molar-refractivity contribution in [1.82, 2.24) is 0 Å². The molecule has 23 heavy (non-hydrogen) atoms. The summed E-state index contributed by atoms with van der Waals surface area (Å²) in [6.45, 7) is 0.471. The third-order valence-electron chi connectivity index (χ3n) is 4.09. The molecule has 2 amide bonds. The SMILES string of the molecule is NCCCC(=O)Nc1cc(NC(=O)C2CCCCC2)ccc1Cl. The molecule has 6 heteroatoms. The van der Waals surface area contributed by atoms with Crippen LogP contribution in [0.1, 0.15) is 44.9 Å². The second-order valence-electron chi connectivity index (χ2n) is 5.96. The number of nitrogens with one attached hydrogen (secondary N) is 2. The van der Waals surface area contributed by atoms with Gasteiger partial charge in [-0.25, -0.2) is 0 Å². The number of anilines is 2. The molecule has 0 radical (unpaired) electrons. The van der Waals surface area contributed by atoms with Crippen LogP contribution in [0.3, 0.4) is 0 Å². The summed E-state index contributed by atoms with van der Waals surface area (Å²) in [5.74, 6) is 0.00237. The van der Waals surface area contributed by atoms with Gasteiger partial charge in [-0.05, 0) is 44.0 Å². The second kappa shape index (κ2) is 8.89. The van der Waals surface area contributed by atoms with Gasteiger partial charge in [0.15, 0.2) is 0 Å². The Morgan fingerprint density at radius 2 is 1.91 bits per heavy atom. The molecule has 0 heterocycles. The van der Waals surface area contributed by atoms with E-state index in [1.807, 2.05) is 0 Å². The summed E-state index contributed by atoms with van der Waals surface area (Å²) in [5, 5.41) is 6.13. The van der Waals surface area contributed by atoms with E-state index in [4.69, 9.17) is 17.3 Å². The fraction of sp³-hybridized carbons (Fsp3) is 0.529. The van der Waals surface area contributed by atoms with E-state index in [2.05, 4.69) is 10.6 Å². The highest BCUT2D eigenvalue weighted by atomic mass is 35.5. The highest BCUT2D eigenvalue weighted by molar-refractivity contribution is 6.33. The number of hydrogen-bond acceptors (Lipinski definition) is 3. The molecule has 1 saturated carbocycles. The molecular weight excluding hydrogens is 314 g/mol. The Bertz CT molecular complexity index is 557. The van der Waals surface area contributed by atoms with E-state index in [1.54, 1.807) is 18.2 Å². The summed E-state index contributed by atoms with van der Waals surface area (Å²) in [6.07, 6.45) is 6.31. The summed E-state index contributed by atoms with van der Waals surface area (Å²) < 4.78 is 0. The Hall–Kier alpha value is -1.59. The van der Waals surface area contributed by atoms with Crippen LogP contribution in [0, 0.1) is 5.92 Å². The first-order valence-electron chi connectivity index (χ1n) is 8.20. The van der Waals surface area contributed by atoms with Gasteiger partial charge in [0, 0.05) is 18.0 Å². The number of nitrogens with two attached hydrogens (primary N) is 1. The van der Waals surface area contributed by atoms with E-state index in [9.17, 15) is 9.59 Å². The van der Waals surface area contributed by atoms with Gasteiger partial charge < -0.3 is 16.4 Å². The highest BCUT2D eigenvalue weighted by Crippen LogP contribution is 2.28. The topological polar surface area (TPSA) is 84.2 Å². The smallest absolute Gasteiger partial charge is 0.227 e. The van der Waals surface area contributed by atoms with Crippen molar-refractivity contribution in [1.29, 1.82) is 0 Å². The first-order valence-corrected chi connectivity index (χ1v) is 8.58. The van der Waals surface area contributed by atoms with Crippen LogP contribution in [0.25, 0.3) is 0 Å². The Balaban J connectivity index is 1.98. The van der Waals surface area contributed by atoms with Crippen molar-refractivity contribution in [2.75, 3.05) is 17.2 Å². The van der Waals surface area contributed by atoms with Crippen LogP contribution >= 0.6 is 11.6 Å². The first kappa shape index (κ1) is 17.8. The summed E-state index contributed by atoms with van der Waals surface area (Å²) in [7, 11) is 0. The summed E-state index contributed by atoms with van der Waals surface area (Å²) >= 11 is 6.11. The number of carbonyl (C=O) groups excluding carboxylic acids is 2. The summed E-state index contributed by atoms with van der Waals surface area (Å²) in [6, 6.07) is 5.12. The van der Waals surface area contributed by atoms with Crippen LogP contribution in [0.4, 0.5) is 11.4 Å². The monoisotopic (exact) mass is 337 g/mol. The molecule has 0 bridgehead atoms. The van der Waals surface area contributed by atoms with E-state index in [1.165, 1.54) is 6.42 Å². The van der Waals surface area contributed by atoms with Crippen LogP contribution in [-0.2, 0) is 9.59 Å². The van der Waals surface area contributed by atoms with E-state index in [-0.39, 0.29) is 17.7 Å². The van der Waals surface area contributed by atoms with E-state index >= 15 is 0 Å². The molecule has 1 aromatic carbocycles. The Kier molecular flexibility index (Phi) is 6.86. The van der Waals surface area contributed by atoms with Crippen LogP contribution in [0.15, 0.2) is 18.2 Å². The first-order chi connectivity index (χ1) is 11.1. The maximum absolute atomic E-state index is 12.3. The third-order valence-corrected chi connectivity index (χ3v) is 4.42. The predicted molar refractivity (Wildman–Crippen MR) is 93.6 cm³/mol. The minimum atomic E-state index is -0.131. The van der Waals surface area contributed by atoms with Crippen molar-refractivity contribution < 1.29 is 9.59 Å². The van der Waals surface area contributed by atoms with Crippen LogP contribution < -0.4 is 16.4 Å². The minimum Gasteiger partial charge on any atom is -0.330 e. The zero-order valence-electron chi connectivity index (χ0n) is 13.2. The van der Waals surface area contributed by atoms with Gasteiger partial charge in [0.2, 0.25) is 11.8 Å². The number of amides is 2. The molecule has 4 N–H and O–H groups in total. The van der Waals surface area contributed by atoms with Crippen molar-refractivity contribution in [2.45, 2.75) is 44.9 Å². The van der Waals surface area contributed by atoms with E-state index in [0.717, 1.165) is 25.7 Å². The van der Waals surface area contributed by atoms with Crippen LogP contribution in [0.5, 0.6) is 0 Å². The maximum atomic E-state index is 12.3. The van der Waals surface area contributed by atoms with Crippen LogP contribution in [0.2, 0.25) is 5.02 Å². The van der Waals surface area contributed by atoms with Gasteiger partial charge in [0.1, 0.15) is 0 Å². The van der Waals surface area contributed by atoms with Gasteiger partial charge in [0.05, 0.1) is 10.7 Å². The lowest BCUT2D eigenvalue weighted by atomic mass is 9.88. The van der Waals surface area contributed by atoms with Crippen molar-refractivity contribution in [3.63, 3.8) is 0 Å². The molecule has 1 aliphatic rings. The van der Waals surface area contributed by atoms with Crippen LogP contribution in [-0.4, -0.2) is 18.4 Å². The molecule has 0 aromatic heterocycles. The molecule has 2 rings (SSSR count). The largest absolute Gasteiger partial charge is 0.330 e. The normalized spacial score (nSPS) is 15.2. The molecule has 1 aromatic rings. The molecule has 0 saturated heterocycles. The Morgan fingerprint density at radius 1 is 1.17 bits per heavy atom. The number of halogens is 1.